The number of hydrogen-bond acceptors (Lipinski definition) is 6. The van der Waals surface area contributed by atoms with Crippen molar-refractivity contribution in [1.29, 1.82) is 15.8 Å². The second-order valence-corrected chi connectivity index (χ2v) is 6.35. The van der Waals surface area contributed by atoms with E-state index in [0.717, 1.165) is 0 Å². The van der Waals surface area contributed by atoms with Crippen LogP contribution in [-0.4, -0.2) is 17.5 Å². The molecule has 0 saturated carbocycles. The molecule has 1 rings (SSSR count). The molecule has 110 valence electrons. The third-order valence-corrected chi connectivity index (χ3v) is 4.07. The summed E-state index contributed by atoms with van der Waals surface area (Å²) >= 11 is 0. The third kappa shape index (κ3) is 2.27. The van der Waals surface area contributed by atoms with Gasteiger partial charge in [0.15, 0.2) is 5.41 Å². The summed E-state index contributed by atoms with van der Waals surface area (Å²) in [4.78, 5) is 12.3. The molecule has 0 radical (unpaired) electrons. The van der Waals surface area contributed by atoms with Crippen LogP contribution in [0.5, 0.6) is 0 Å². The lowest BCUT2D eigenvalue weighted by molar-refractivity contribution is -0.128. The third-order valence-electron chi connectivity index (χ3n) is 4.07. The van der Waals surface area contributed by atoms with Crippen molar-refractivity contribution in [3.63, 3.8) is 0 Å². The fraction of sp³-hybridized carbons (Fsp3) is 0.600. The number of aliphatic hydroxyl groups excluding tert-OH is 1. The van der Waals surface area contributed by atoms with Crippen molar-refractivity contribution in [2.75, 3.05) is 6.61 Å². The van der Waals surface area contributed by atoms with Crippen LogP contribution in [0.25, 0.3) is 0 Å². The number of carbonyl (C=O) groups excluding carboxylic acids is 1. The molecule has 21 heavy (non-hydrogen) atoms. The van der Waals surface area contributed by atoms with Gasteiger partial charge in [0, 0.05) is 24.0 Å². The first-order valence-electron chi connectivity index (χ1n) is 6.50. The Labute approximate surface area is 124 Å². The zero-order valence-corrected chi connectivity index (χ0v) is 12.4. The molecule has 1 aliphatic rings. The molecule has 1 atom stereocenters. The largest absolute Gasteiger partial charge is 0.401 e. The number of nitriles is 3. The van der Waals surface area contributed by atoms with Gasteiger partial charge in [-0.1, -0.05) is 20.8 Å². The Morgan fingerprint density at radius 3 is 2.14 bits per heavy atom. The van der Waals surface area contributed by atoms with Crippen LogP contribution in [0.2, 0.25) is 0 Å². The molecule has 0 amide bonds. The van der Waals surface area contributed by atoms with Gasteiger partial charge in [0.1, 0.15) is 11.2 Å². The number of allylic oxidation sites excluding steroid dienone is 1. The van der Waals surface area contributed by atoms with Crippen molar-refractivity contribution in [1.82, 2.24) is 0 Å². The van der Waals surface area contributed by atoms with E-state index in [4.69, 9.17) is 5.73 Å². The number of rotatable bonds is 3. The van der Waals surface area contributed by atoms with Crippen LogP contribution in [0.4, 0.5) is 0 Å². The standard InChI is InChI=1S/C15H18N4O2/c1-13(2,3)11(21)5-15(9-18)12(19)10(6-20)4-14(15,7-16)8-17/h20H,4-6,19H2,1-3H3. The average molecular weight is 286 g/mol. The van der Waals surface area contributed by atoms with Crippen LogP contribution in [-0.2, 0) is 4.79 Å². The molecule has 1 aliphatic carbocycles. The lowest BCUT2D eigenvalue weighted by Gasteiger charge is -2.33. The van der Waals surface area contributed by atoms with E-state index in [1.54, 1.807) is 20.8 Å². The van der Waals surface area contributed by atoms with Crippen molar-refractivity contribution >= 4 is 5.78 Å². The molecule has 0 saturated heterocycles. The van der Waals surface area contributed by atoms with Crippen molar-refractivity contribution in [3.8, 4) is 18.2 Å². The first kappa shape index (κ1) is 16.7. The molecule has 6 nitrogen and oxygen atoms in total. The summed E-state index contributed by atoms with van der Waals surface area (Å²) in [6.07, 6.45) is -0.434. The monoisotopic (exact) mass is 286 g/mol. The summed E-state index contributed by atoms with van der Waals surface area (Å²) in [7, 11) is 0. The minimum Gasteiger partial charge on any atom is -0.401 e. The highest BCUT2D eigenvalue weighted by Gasteiger charge is 2.62. The highest BCUT2D eigenvalue weighted by molar-refractivity contribution is 5.85. The number of nitrogens with zero attached hydrogens (tertiary/aromatic N) is 3. The predicted octanol–water partition coefficient (Wildman–Crippen LogP) is 1.14. The second kappa shape index (κ2) is 5.20. The molecule has 0 aromatic carbocycles. The van der Waals surface area contributed by atoms with Gasteiger partial charge in [0.2, 0.25) is 0 Å². The van der Waals surface area contributed by atoms with Gasteiger partial charge in [-0.25, -0.2) is 0 Å². The molecule has 0 fully saturated rings. The molecule has 0 heterocycles. The molecular weight excluding hydrogens is 268 g/mol. The lowest BCUT2D eigenvalue weighted by Crippen LogP contribution is -2.42. The van der Waals surface area contributed by atoms with Crippen LogP contribution in [0.15, 0.2) is 11.3 Å². The topological polar surface area (TPSA) is 135 Å². The van der Waals surface area contributed by atoms with Gasteiger partial charge in [-0.3, -0.25) is 4.79 Å². The summed E-state index contributed by atoms with van der Waals surface area (Å²) in [6, 6.07) is 5.63. The van der Waals surface area contributed by atoms with Gasteiger partial charge >= 0.3 is 0 Å². The van der Waals surface area contributed by atoms with Crippen molar-refractivity contribution < 1.29 is 9.90 Å². The molecule has 3 N–H and O–H groups in total. The van der Waals surface area contributed by atoms with Gasteiger partial charge in [-0.2, -0.15) is 15.8 Å². The van der Waals surface area contributed by atoms with Gasteiger partial charge < -0.3 is 10.8 Å². The van der Waals surface area contributed by atoms with E-state index in [-0.39, 0.29) is 29.9 Å². The first-order valence-corrected chi connectivity index (χ1v) is 6.50. The molecule has 0 spiro atoms. The molecule has 0 aromatic rings. The van der Waals surface area contributed by atoms with Crippen LogP contribution in [0.1, 0.15) is 33.6 Å². The van der Waals surface area contributed by atoms with Crippen LogP contribution < -0.4 is 5.73 Å². The van der Waals surface area contributed by atoms with E-state index in [1.807, 2.05) is 18.2 Å². The molecule has 6 heteroatoms. The smallest absolute Gasteiger partial charge is 0.172 e. The highest BCUT2D eigenvalue weighted by Crippen LogP contribution is 2.56. The minimum atomic E-state index is -1.75. The Morgan fingerprint density at radius 2 is 1.81 bits per heavy atom. The SMILES string of the molecule is CC(C)(C)C(=O)CC1(C#N)C(N)=C(CO)CC1(C#N)C#N. The Morgan fingerprint density at radius 1 is 1.29 bits per heavy atom. The fourth-order valence-corrected chi connectivity index (χ4v) is 2.48. The lowest BCUT2D eigenvalue weighted by atomic mass is 9.62. The Kier molecular flexibility index (Phi) is 4.14. The van der Waals surface area contributed by atoms with E-state index >= 15 is 0 Å². The first-order chi connectivity index (χ1) is 9.64. The van der Waals surface area contributed by atoms with Crippen LogP contribution in [0.3, 0.4) is 0 Å². The number of aliphatic hydroxyl groups is 1. The summed E-state index contributed by atoms with van der Waals surface area (Å²) < 4.78 is 0. The maximum Gasteiger partial charge on any atom is 0.172 e. The number of ketones is 1. The van der Waals surface area contributed by atoms with E-state index in [1.165, 1.54) is 0 Å². The molecule has 0 aromatic heterocycles. The normalized spacial score (nSPS) is 24.0. The van der Waals surface area contributed by atoms with Crippen LogP contribution in [0, 0.1) is 50.2 Å². The van der Waals surface area contributed by atoms with Gasteiger partial charge in [-0.15, -0.1) is 0 Å². The molecule has 1 unspecified atom stereocenters. The Hall–Kier alpha value is -2.36. The summed E-state index contributed by atoms with van der Waals surface area (Å²) in [6.45, 7) is 4.65. The summed E-state index contributed by atoms with van der Waals surface area (Å²) in [5.74, 6) is -0.263. The number of Topliss-reactive ketones (excluding diaryl/α,β-unsaturated/α-hetero) is 1. The van der Waals surface area contributed by atoms with Crippen molar-refractivity contribution in [2.24, 2.45) is 22.0 Å². The number of nitrogens with two attached hydrogens (primary N) is 1. The highest BCUT2D eigenvalue weighted by atomic mass is 16.3. The number of hydrogen-bond donors (Lipinski definition) is 2. The minimum absolute atomic E-state index is 0.0202. The zero-order valence-electron chi connectivity index (χ0n) is 12.4. The zero-order chi connectivity index (χ0) is 16.5. The molecule has 0 bridgehead atoms. The molecular formula is C15H18N4O2. The fourth-order valence-electron chi connectivity index (χ4n) is 2.48. The quantitative estimate of drug-likeness (QED) is 0.798. The van der Waals surface area contributed by atoms with Gasteiger partial charge in [0.05, 0.1) is 24.8 Å². The van der Waals surface area contributed by atoms with Gasteiger partial charge in [-0.05, 0) is 5.57 Å². The summed E-state index contributed by atoms with van der Waals surface area (Å²) in [5, 5.41) is 37.8. The summed E-state index contributed by atoms with van der Waals surface area (Å²) in [5.41, 5.74) is 2.02. The Bertz CT molecular complexity index is 608. The predicted molar refractivity (Wildman–Crippen MR) is 73.7 cm³/mol. The van der Waals surface area contributed by atoms with E-state index < -0.39 is 22.9 Å². The van der Waals surface area contributed by atoms with Crippen LogP contribution >= 0.6 is 0 Å². The van der Waals surface area contributed by atoms with E-state index in [9.17, 15) is 25.7 Å². The van der Waals surface area contributed by atoms with E-state index in [2.05, 4.69) is 0 Å². The molecule has 0 aliphatic heterocycles. The average Bonchev–Trinajstić information content (AvgIpc) is 2.68. The maximum absolute atomic E-state index is 12.3. The maximum atomic E-state index is 12.3. The number of carbonyl (C=O) groups is 1. The second-order valence-electron chi connectivity index (χ2n) is 6.35. The van der Waals surface area contributed by atoms with Gasteiger partial charge in [0.25, 0.3) is 0 Å². The van der Waals surface area contributed by atoms with Crippen molar-refractivity contribution in [3.05, 3.63) is 11.3 Å². The van der Waals surface area contributed by atoms with E-state index in [0.29, 0.717) is 0 Å². The Balaban J connectivity index is 3.52. The van der Waals surface area contributed by atoms with Crippen molar-refractivity contribution in [2.45, 2.75) is 33.6 Å².